The van der Waals surface area contributed by atoms with Gasteiger partial charge in [-0.15, -0.1) is 11.3 Å². The molecule has 2 rings (SSSR count). The second-order valence-electron chi connectivity index (χ2n) is 5.22. The predicted molar refractivity (Wildman–Crippen MR) is 98.9 cm³/mol. The van der Waals surface area contributed by atoms with Gasteiger partial charge in [-0.1, -0.05) is 17.7 Å². The average Bonchev–Trinajstić information content (AvgIpc) is 3.17. The van der Waals surface area contributed by atoms with Gasteiger partial charge in [0.2, 0.25) is 0 Å². The summed E-state index contributed by atoms with van der Waals surface area (Å²) in [5.74, 6) is -1.84. The molecule has 28 heavy (non-hydrogen) atoms. The number of halogens is 3. The van der Waals surface area contributed by atoms with Gasteiger partial charge in [0.05, 0.1) is 16.3 Å². The molecule has 0 radical (unpaired) electrons. The first-order chi connectivity index (χ1) is 13.3. The van der Waals surface area contributed by atoms with Gasteiger partial charge in [-0.25, -0.2) is 0 Å². The fraction of sp³-hybridized carbons (Fsp3) is 0.235. The van der Waals surface area contributed by atoms with E-state index in [-0.39, 0.29) is 35.3 Å². The summed E-state index contributed by atoms with van der Waals surface area (Å²) < 4.78 is 33.3. The molecule has 2 N–H and O–H groups in total. The lowest BCUT2D eigenvalue weighted by molar-refractivity contribution is -0.147. The zero-order valence-corrected chi connectivity index (χ0v) is 15.8. The van der Waals surface area contributed by atoms with Crippen molar-refractivity contribution < 1.29 is 32.6 Å². The molecule has 11 heteroatoms. The van der Waals surface area contributed by atoms with E-state index >= 15 is 0 Å². The number of amides is 2. The maximum atomic E-state index is 12.2. The fourth-order valence-corrected chi connectivity index (χ4v) is 2.82. The molecule has 0 aliphatic carbocycles. The van der Waals surface area contributed by atoms with Gasteiger partial charge in [0.15, 0.2) is 6.61 Å². The van der Waals surface area contributed by atoms with Crippen LogP contribution in [0.4, 0.5) is 14.5 Å². The number of ether oxygens (including phenoxy) is 2. The summed E-state index contributed by atoms with van der Waals surface area (Å²) in [6.45, 7) is -3.50. The smallest absolute Gasteiger partial charge is 0.387 e. The molecule has 0 aliphatic rings. The van der Waals surface area contributed by atoms with Crippen LogP contribution >= 0.6 is 22.9 Å². The summed E-state index contributed by atoms with van der Waals surface area (Å²) in [7, 11) is 0. The third-order valence-electron chi connectivity index (χ3n) is 3.16. The van der Waals surface area contributed by atoms with Crippen LogP contribution in [0, 0.1) is 0 Å². The van der Waals surface area contributed by atoms with Crippen LogP contribution in [0.3, 0.4) is 0 Å². The molecular formula is C17H15ClF2N2O5S. The largest absolute Gasteiger partial charge is 0.456 e. The molecule has 0 atom stereocenters. The van der Waals surface area contributed by atoms with E-state index in [4.69, 9.17) is 16.3 Å². The highest BCUT2D eigenvalue weighted by atomic mass is 35.5. The van der Waals surface area contributed by atoms with Gasteiger partial charge in [0, 0.05) is 12.2 Å². The fourth-order valence-electron chi connectivity index (χ4n) is 1.96. The Labute approximate surface area is 167 Å². The first-order valence-corrected chi connectivity index (χ1v) is 9.12. The van der Waals surface area contributed by atoms with Crippen molar-refractivity contribution in [2.24, 2.45) is 0 Å². The maximum Gasteiger partial charge on any atom is 0.387 e. The minimum atomic E-state index is -3.02. The summed E-state index contributed by atoms with van der Waals surface area (Å²) in [5.41, 5.74) is 0.218. The molecule has 2 amide bonds. The van der Waals surface area contributed by atoms with E-state index in [9.17, 15) is 23.2 Å². The SMILES string of the molecule is O=C(COC(=O)CCNC(=O)c1cccs1)Nc1ccc(OC(F)F)c(Cl)c1. The van der Waals surface area contributed by atoms with Crippen molar-refractivity contribution in [2.75, 3.05) is 18.5 Å². The highest BCUT2D eigenvalue weighted by Crippen LogP contribution is 2.28. The summed E-state index contributed by atoms with van der Waals surface area (Å²) >= 11 is 7.05. The van der Waals surface area contributed by atoms with Crippen molar-refractivity contribution in [2.45, 2.75) is 13.0 Å². The van der Waals surface area contributed by atoms with Gasteiger partial charge >= 0.3 is 12.6 Å². The number of hydrogen-bond donors (Lipinski definition) is 2. The first kappa shape index (κ1) is 21.6. The van der Waals surface area contributed by atoms with E-state index in [1.165, 1.54) is 29.5 Å². The number of hydrogen-bond acceptors (Lipinski definition) is 6. The second-order valence-corrected chi connectivity index (χ2v) is 6.57. The molecule has 0 saturated carbocycles. The Kier molecular flexibility index (Phi) is 8.15. The van der Waals surface area contributed by atoms with E-state index in [2.05, 4.69) is 15.4 Å². The van der Waals surface area contributed by atoms with Crippen molar-refractivity contribution in [1.29, 1.82) is 0 Å². The lowest BCUT2D eigenvalue weighted by atomic mass is 10.3. The molecule has 0 bridgehead atoms. The van der Waals surface area contributed by atoms with Crippen LogP contribution in [0.5, 0.6) is 5.75 Å². The number of carbonyl (C=O) groups is 3. The minimum absolute atomic E-state index is 0.0678. The van der Waals surface area contributed by atoms with Crippen molar-refractivity contribution in [3.63, 3.8) is 0 Å². The zero-order chi connectivity index (χ0) is 20.5. The predicted octanol–water partition coefficient (Wildman–Crippen LogP) is 3.30. The maximum absolute atomic E-state index is 12.2. The van der Waals surface area contributed by atoms with E-state index in [0.717, 1.165) is 0 Å². The number of alkyl halides is 2. The van der Waals surface area contributed by atoms with Gasteiger partial charge in [-0.05, 0) is 29.6 Å². The van der Waals surface area contributed by atoms with Gasteiger partial charge < -0.3 is 20.1 Å². The molecule has 1 heterocycles. The van der Waals surface area contributed by atoms with Crippen molar-refractivity contribution in [3.05, 3.63) is 45.6 Å². The molecule has 0 fully saturated rings. The summed E-state index contributed by atoms with van der Waals surface area (Å²) in [6, 6.07) is 7.09. The number of anilines is 1. The van der Waals surface area contributed by atoms with Crippen molar-refractivity contribution in [3.8, 4) is 5.75 Å². The lowest BCUT2D eigenvalue weighted by Crippen LogP contribution is -2.27. The van der Waals surface area contributed by atoms with E-state index in [1.54, 1.807) is 17.5 Å². The standard InChI is InChI=1S/C17H15ClF2N2O5S/c18-11-8-10(3-4-12(11)27-17(19)20)22-14(23)9-26-15(24)5-6-21-16(25)13-2-1-7-28-13/h1-4,7-8,17H,5-6,9H2,(H,21,25)(H,22,23). The minimum Gasteiger partial charge on any atom is -0.456 e. The van der Waals surface area contributed by atoms with Crippen LogP contribution in [-0.4, -0.2) is 37.5 Å². The van der Waals surface area contributed by atoms with Crippen LogP contribution in [0.15, 0.2) is 35.7 Å². The third-order valence-corrected chi connectivity index (χ3v) is 4.32. The molecule has 2 aromatic rings. The topological polar surface area (TPSA) is 93.7 Å². The van der Waals surface area contributed by atoms with Crippen molar-refractivity contribution in [1.82, 2.24) is 5.32 Å². The molecule has 1 aromatic carbocycles. The monoisotopic (exact) mass is 432 g/mol. The number of esters is 1. The van der Waals surface area contributed by atoms with Crippen LogP contribution < -0.4 is 15.4 Å². The Morgan fingerprint density at radius 2 is 2.00 bits per heavy atom. The quantitative estimate of drug-likeness (QED) is 0.593. The molecule has 7 nitrogen and oxygen atoms in total. The highest BCUT2D eigenvalue weighted by molar-refractivity contribution is 7.12. The van der Waals surface area contributed by atoms with Gasteiger partial charge in [-0.3, -0.25) is 14.4 Å². The molecule has 0 aliphatic heterocycles. The van der Waals surface area contributed by atoms with Crippen molar-refractivity contribution >= 4 is 46.4 Å². The Hall–Kier alpha value is -2.72. The lowest BCUT2D eigenvalue weighted by Gasteiger charge is -2.10. The Morgan fingerprint density at radius 3 is 2.64 bits per heavy atom. The molecule has 0 spiro atoms. The van der Waals surface area contributed by atoms with Crippen LogP contribution in [0.2, 0.25) is 5.02 Å². The van der Waals surface area contributed by atoms with E-state index < -0.39 is 25.1 Å². The highest BCUT2D eigenvalue weighted by Gasteiger charge is 2.12. The van der Waals surface area contributed by atoms with E-state index in [1.807, 2.05) is 0 Å². The van der Waals surface area contributed by atoms with Gasteiger partial charge in [0.1, 0.15) is 5.75 Å². The molecule has 0 saturated heterocycles. The summed E-state index contributed by atoms with van der Waals surface area (Å²) in [4.78, 5) is 35.6. The number of thiophene rings is 1. The first-order valence-electron chi connectivity index (χ1n) is 7.86. The van der Waals surface area contributed by atoms with E-state index in [0.29, 0.717) is 4.88 Å². The number of carbonyl (C=O) groups excluding carboxylic acids is 3. The second kappa shape index (κ2) is 10.6. The normalized spacial score (nSPS) is 10.4. The molecule has 150 valence electrons. The van der Waals surface area contributed by atoms with Gasteiger partial charge in [-0.2, -0.15) is 8.78 Å². The number of benzene rings is 1. The third kappa shape index (κ3) is 7.12. The molecule has 1 aromatic heterocycles. The van der Waals surface area contributed by atoms with Crippen LogP contribution in [0.25, 0.3) is 0 Å². The van der Waals surface area contributed by atoms with Crippen LogP contribution in [0.1, 0.15) is 16.1 Å². The Bertz CT molecular complexity index is 833. The van der Waals surface area contributed by atoms with Crippen LogP contribution in [-0.2, 0) is 14.3 Å². The Morgan fingerprint density at radius 1 is 1.21 bits per heavy atom. The molecular weight excluding hydrogens is 418 g/mol. The summed E-state index contributed by atoms with van der Waals surface area (Å²) in [6.07, 6.45) is -0.101. The molecule has 0 unspecified atom stereocenters. The van der Waals surface area contributed by atoms with Gasteiger partial charge in [0.25, 0.3) is 11.8 Å². The zero-order valence-electron chi connectivity index (χ0n) is 14.2. The number of nitrogens with one attached hydrogen (secondary N) is 2. The average molecular weight is 433 g/mol. The Balaban J connectivity index is 1.69. The summed E-state index contributed by atoms with van der Waals surface area (Å²) in [5, 5.41) is 6.60. The number of rotatable bonds is 9.